The van der Waals surface area contributed by atoms with Crippen molar-refractivity contribution in [1.82, 2.24) is 14.8 Å². The monoisotopic (exact) mass is 272 g/mol. The van der Waals surface area contributed by atoms with Crippen LogP contribution in [0.15, 0.2) is 29.6 Å². The minimum Gasteiger partial charge on any atom is -0.397 e. The van der Waals surface area contributed by atoms with Crippen molar-refractivity contribution in [2.75, 3.05) is 12.0 Å². The van der Waals surface area contributed by atoms with E-state index in [1.54, 1.807) is 0 Å². The third-order valence-corrected chi connectivity index (χ3v) is 3.39. The van der Waals surface area contributed by atoms with Gasteiger partial charge < -0.3 is 5.73 Å². The Kier molecular flexibility index (Phi) is 2.80. The third-order valence-electron chi connectivity index (χ3n) is 2.05. The maximum Gasteiger partial charge on any atom is 0.178 e. The molecule has 17 heavy (non-hydrogen) atoms. The summed E-state index contributed by atoms with van der Waals surface area (Å²) < 4.78 is 23.9. The first-order chi connectivity index (χ1) is 7.88. The molecular formula is C9H9ClN4O2S. The van der Waals surface area contributed by atoms with Crippen molar-refractivity contribution in [3.05, 3.63) is 29.7 Å². The Bertz CT molecular complexity index is 665. The molecular weight excluding hydrogens is 264 g/mol. The fourth-order valence-electron chi connectivity index (χ4n) is 1.23. The van der Waals surface area contributed by atoms with Gasteiger partial charge in [0.25, 0.3) is 0 Å². The number of anilines is 1. The Morgan fingerprint density at radius 2 is 2.12 bits per heavy atom. The van der Waals surface area contributed by atoms with E-state index in [1.807, 2.05) is 0 Å². The quantitative estimate of drug-likeness (QED) is 0.877. The first-order valence-electron chi connectivity index (χ1n) is 4.54. The van der Waals surface area contributed by atoms with E-state index in [2.05, 4.69) is 10.1 Å². The van der Waals surface area contributed by atoms with Crippen LogP contribution in [0.1, 0.15) is 0 Å². The maximum absolute atomic E-state index is 11.3. The van der Waals surface area contributed by atoms with Gasteiger partial charge in [-0.05, 0) is 6.07 Å². The Hall–Kier alpha value is -1.60. The Balaban J connectivity index is 2.51. The second-order valence-electron chi connectivity index (χ2n) is 3.47. The summed E-state index contributed by atoms with van der Waals surface area (Å²) >= 11 is 5.93. The molecule has 8 heteroatoms. The lowest BCUT2D eigenvalue weighted by Gasteiger charge is -2.03. The van der Waals surface area contributed by atoms with Crippen LogP contribution in [0.2, 0.25) is 5.02 Å². The van der Waals surface area contributed by atoms with E-state index < -0.39 is 9.84 Å². The molecule has 2 N–H and O–H groups in total. The number of pyridine rings is 1. The lowest BCUT2D eigenvalue weighted by atomic mass is 10.4. The normalized spacial score (nSPS) is 11.6. The van der Waals surface area contributed by atoms with Crippen molar-refractivity contribution < 1.29 is 8.42 Å². The SMILES string of the molecule is CS(=O)(=O)c1cnn(-c2ncc(N)cc2Cl)c1. The van der Waals surface area contributed by atoms with Crippen LogP contribution in [-0.2, 0) is 9.84 Å². The zero-order chi connectivity index (χ0) is 12.6. The molecule has 0 aliphatic carbocycles. The smallest absolute Gasteiger partial charge is 0.178 e. The molecule has 2 aromatic heterocycles. The van der Waals surface area contributed by atoms with Crippen LogP contribution in [0.4, 0.5) is 5.69 Å². The minimum absolute atomic E-state index is 0.104. The summed E-state index contributed by atoms with van der Waals surface area (Å²) in [5.74, 6) is 0.329. The topological polar surface area (TPSA) is 90.9 Å². The molecule has 0 spiro atoms. The van der Waals surface area contributed by atoms with Gasteiger partial charge in [-0.15, -0.1) is 0 Å². The van der Waals surface area contributed by atoms with Gasteiger partial charge in [-0.2, -0.15) is 5.10 Å². The van der Waals surface area contributed by atoms with E-state index in [0.717, 1.165) is 6.26 Å². The van der Waals surface area contributed by atoms with Crippen molar-refractivity contribution in [2.45, 2.75) is 4.90 Å². The molecule has 0 unspecified atom stereocenters. The summed E-state index contributed by atoms with van der Waals surface area (Å²) in [6, 6.07) is 1.52. The molecule has 90 valence electrons. The van der Waals surface area contributed by atoms with E-state index in [-0.39, 0.29) is 4.90 Å². The van der Waals surface area contributed by atoms with Gasteiger partial charge in [-0.25, -0.2) is 18.1 Å². The number of nitrogen functional groups attached to an aromatic ring is 1. The molecule has 2 aromatic rings. The predicted molar refractivity (Wildman–Crippen MR) is 63.9 cm³/mol. The number of nitrogens with zero attached hydrogens (tertiary/aromatic N) is 3. The molecule has 0 aromatic carbocycles. The van der Waals surface area contributed by atoms with Crippen LogP contribution in [0, 0.1) is 0 Å². The van der Waals surface area contributed by atoms with Gasteiger partial charge in [0.1, 0.15) is 4.90 Å². The van der Waals surface area contributed by atoms with Crippen LogP contribution in [0.3, 0.4) is 0 Å². The molecule has 0 bridgehead atoms. The van der Waals surface area contributed by atoms with E-state index in [0.29, 0.717) is 16.5 Å². The van der Waals surface area contributed by atoms with Crippen molar-refractivity contribution in [3.8, 4) is 5.82 Å². The zero-order valence-corrected chi connectivity index (χ0v) is 10.4. The number of hydrogen-bond acceptors (Lipinski definition) is 5. The molecule has 2 heterocycles. The zero-order valence-electron chi connectivity index (χ0n) is 8.83. The number of nitrogens with two attached hydrogens (primary N) is 1. The van der Waals surface area contributed by atoms with Crippen molar-refractivity contribution in [1.29, 1.82) is 0 Å². The number of sulfone groups is 1. The van der Waals surface area contributed by atoms with Gasteiger partial charge >= 0.3 is 0 Å². The summed E-state index contributed by atoms with van der Waals surface area (Å²) in [5.41, 5.74) is 5.93. The molecule has 0 aliphatic heterocycles. The van der Waals surface area contributed by atoms with E-state index >= 15 is 0 Å². The van der Waals surface area contributed by atoms with Gasteiger partial charge in [0, 0.05) is 6.26 Å². The van der Waals surface area contributed by atoms with E-state index in [4.69, 9.17) is 17.3 Å². The van der Waals surface area contributed by atoms with Crippen LogP contribution in [0.5, 0.6) is 0 Å². The highest BCUT2D eigenvalue weighted by Gasteiger charge is 2.13. The second-order valence-corrected chi connectivity index (χ2v) is 5.89. The Morgan fingerprint density at radius 3 is 2.65 bits per heavy atom. The lowest BCUT2D eigenvalue weighted by Crippen LogP contribution is -2.00. The van der Waals surface area contributed by atoms with E-state index in [9.17, 15) is 8.42 Å². The van der Waals surface area contributed by atoms with Crippen molar-refractivity contribution >= 4 is 27.1 Å². The van der Waals surface area contributed by atoms with Gasteiger partial charge in [0.05, 0.1) is 29.3 Å². The van der Waals surface area contributed by atoms with Gasteiger partial charge in [0.15, 0.2) is 15.7 Å². The second kappa shape index (κ2) is 4.01. The molecule has 0 saturated heterocycles. The summed E-state index contributed by atoms with van der Waals surface area (Å²) in [7, 11) is -3.29. The molecule has 0 radical (unpaired) electrons. The largest absolute Gasteiger partial charge is 0.397 e. The summed E-state index contributed by atoms with van der Waals surface area (Å²) in [4.78, 5) is 4.10. The molecule has 0 aliphatic rings. The summed E-state index contributed by atoms with van der Waals surface area (Å²) in [6.07, 6.45) is 5.11. The van der Waals surface area contributed by atoms with Crippen LogP contribution in [0.25, 0.3) is 5.82 Å². The van der Waals surface area contributed by atoms with Gasteiger partial charge in [-0.3, -0.25) is 0 Å². The van der Waals surface area contributed by atoms with Gasteiger partial charge in [0.2, 0.25) is 0 Å². The average molecular weight is 273 g/mol. The highest BCUT2D eigenvalue weighted by Crippen LogP contribution is 2.20. The molecule has 0 saturated carbocycles. The first-order valence-corrected chi connectivity index (χ1v) is 6.81. The highest BCUT2D eigenvalue weighted by atomic mass is 35.5. The fraction of sp³-hybridized carbons (Fsp3) is 0.111. The van der Waals surface area contributed by atoms with Crippen molar-refractivity contribution in [2.24, 2.45) is 0 Å². The number of hydrogen-bond donors (Lipinski definition) is 1. The number of aromatic nitrogens is 3. The maximum atomic E-state index is 11.3. The Labute approximate surface area is 103 Å². The fourth-order valence-corrected chi connectivity index (χ4v) is 2.02. The lowest BCUT2D eigenvalue weighted by molar-refractivity contribution is 0.602. The van der Waals surface area contributed by atoms with Crippen LogP contribution in [-0.4, -0.2) is 29.4 Å². The number of rotatable bonds is 2. The van der Waals surface area contributed by atoms with Crippen molar-refractivity contribution in [3.63, 3.8) is 0 Å². The minimum atomic E-state index is -3.29. The molecule has 0 atom stereocenters. The molecule has 0 fully saturated rings. The standard InChI is InChI=1S/C9H9ClN4O2S/c1-17(15,16)7-4-13-14(5-7)9-8(10)2-6(11)3-12-9/h2-5H,11H2,1H3. The highest BCUT2D eigenvalue weighted by molar-refractivity contribution is 7.90. The summed E-state index contributed by atoms with van der Waals surface area (Å²) in [5, 5.41) is 4.19. The predicted octanol–water partition coefficient (Wildman–Crippen LogP) is 0.906. The van der Waals surface area contributed by atoms with Crippen LogP contribution >= 0.6 is 11.6 Å². The first kappa shape index (κ1) is 11.9. The molecule has 6 nitrogen and oxygen atoms in total. The summed E-state index contributed by atoms with van der Waals surface area (Å²) in [6.45, 7) is 0. The average Bonchev–Trinajstić information content (AvgIpc) is 2.65. The number of halogens is 1. The van der Waals surface area contributed by atoms with E-state index in [1.165, 1.54) is 29.3 Å². The van der Waals surface area contributed by atoms with Gasteiger partial charge in [-0.1, -0.05) is 11.6 Å². The third kappa shape index (κ3) is 2.40. The molecule has 0 amide bonds. The Morgan fingerprint density at radius 1 is 1.41 bits per heavy atom. The molecule has 2 rings (SSSR count). The van der Waals surface area contributed by atoms with Crippen LogP contribution < -0.4 is 5.73 Å².